The number of carbonyl (C=O) groups is 3. The highest BCUT2D eigenvalue weighted by atomic mass is 16.6. The van der Waals surface area contributed by atoms with Crippen molar-refractivity contribution in [1.82, 2.24) is 15.1 Å². The van der Waals surface area contributed by atoms with Crippen molar-refractivity contribution in [2.45, 2.75) is 46.1 Å². The fraction of sp³-hybridized carbons (Fsp3) is 0.706. The summed E-state index contributed by atoms with van der Waals surface area (Å²) in [5, 5.41) is 2.58. The molecule has 0 unspecified atom stereocenters. The summed E-state index contributed by atoms with van der Waals surface area (Å²) in [6.45, 7) is 9.71. The van der Waals surface area contributed by atoms with Crippen molar-refractivity contribution in [1.29, 1.82) is 0 Å². The molecule has 0 atom stereocenters. The molecular weight excluding hydrogens is 310 g/mol. The lowest BCUT2D eigenvalue weighted by Gasteiger charge is -2.34. The number of amides is 3. The molecule has 24 heavy (non-hydrogen) atoms. The molecule has 0 spiro atoms. The van der Waals surface area contributed by atoms with Crippen molar-refractivity contribution in [3.05, 3.63) is 12.2 Å². The third kappa shape index (κ3) is 7.48. The number of nitrogens with one attached hydrogen (secondary N) is 1. The van der Waals surface area contributed by atoms with E-state index in [4.69, 9.17) is 4.74 Å². The molecule has 1 fully saturated rings. The van der Waals surface area contributed by atoms with Gasteiger partial charge in [0.15, 0.2) is 0 Å². The summed E-state index contributed by atoms with van der Waals surface area (Å²) in [6, 6.07) is 0. The Morgan fingerprint density at radius 1 is 1.08 bits per heavy atom. The van der Waals surface area contributed by atoms with E-state index in [0.29, 0.717) is 26.2 Å². The first-order chi connectivity index (χ1) is 11.2. The van der Waals surface area contributed by atoms with Gasteiger partial charge in [0.05, 0.1) is 0 Å². The van der Waals surface area contributed by atoms with Gasteiger partial charge in [0, 0.05) is 39.1 Å². The standard InChI is InChI=1S/C17H29N3O4/c1-5-6-7-14(21)19-10-12-20(13-11-19)15(22)8-9-18-16(23)24-17(2,3)4/h6-7H,5,8-13H2,1-4H3,(H,18,23)/b7-6+. The van der Waals surface area contributed by atoms with Crippen LogP contribution in [0.3, 0.4) is 0 Å². The predicted octanol–water partition coefficient (Wildman–Crippen LogP) is 1.54. The maximum absolute atomic E-state index is 12.1. The Morgan fingerprint density at radius 2 is 1.67 bits per heavy atom. The van der Waals surface area contributed by atoms with Gasteiger partial charge in [-0.15, -0.1) is 0 Å². The number of carbonyl (C=O) groups excluding carboxylic acids is 3. The molecule has 0 aliphatic carbocycles. The molecule has 3 amide bonds. The van der Waals surface area contributed by atoms with Crippen molar-refractivity contribution in [2.75, 3.05) is 32.7 Å². The minimum absolute atomic E-state index is 0.00413. The van der Waals surface area contributed by atoms with Crippen LogP contribution in [0.2, 0.25) is 0 Å². The number of hydrogen-bond donors (Lipinski definition) is 1. The summed E-state index contributed by atoms with van der Waals surface area (Å²) in [5.41, 5.74) is -0.552. The van der Waals surface area contributed by atoms with Gasteiger partial charge in [-0.05, 0) is 33.3 Å². The SMILES string of the molecule is CC/C=C/C(=O)N1CCN(C(=O)CCNC(=O)OC(C)(C)C)CC1. The average molecular weight is 339 g/mol. The maximum atomic E-state index is 12.1. The molecule has 0 aromatic heterocycles. The quantitative estimate of drug-likeness (QED) is 0.771. The van der Waals surface area contributed by atoms with E-state index in [9.17, 15) is 14.4 Å². The lowest BCUT2D eigenvalue weighted by Crippen LogP contribution is -2.50. The van der Waals surface area contributed by atoms with E-state index in [1.54, 1.807) is 36.6 Å². The number of hydrogen-bond acceptors (Lipinski definition) is 4. The van der Waals surface area contributed by atoms with Crippen molar-refractivity contribution in [2.24, 2.45) is 0 Å². The predicted molar refractivity (Wildman–Crippen MR) is 91.4 cm³/mol. The van der Waals surface area contributed by atoms with Crippen molar-refractivity contribution < 1.29 is 19.1 Å². The topological polar surface area (TPSA) is 79.0 Å². The van der Waals surface area contributed by atoms with E-state index in [1.807, 2.05) is 13.0 Å². The Balaban J connectivity index is 2.27. The number of alkyl carbamates (subject to hydrolysis) is 1. The summed E-state index contributed by atoms with van der Waals surface area (Å²) in [4.78, 5) is 39.0. The van der Waals surface area contributed by atoms with Crippen LogP contribution >= 0.6 is 0 Å². The number of piperazine rings is 1. The highest BCUT2D eigenvalue weighted by molar-refractivity contribution is 5.87. The number of rotatable bonds is 5. The van der Waals surface area contributed by atoms with Crippen molar-refractivity contribution >= 4 is 17.9 Å². The normalized spacial score (nSPS) is 15.5. The molecule has 7 heteroatoms. The Hall–Kier alpha value is -2.05. The van der Waals surface area contributed by atoms with Gasteiger partial charge in [-0.25, -0.2) is 4.79 Å². The second-order valence-electron chi connectivity index (χ2n) is 6.70. The van der Waals surface area contributed by atoms with Crippen LogP contribution in [-0.4, -0.2) is 66.0 Å². The molecule has 1 N–H and O–H groups in total. The van der Waals surface area contributed by atoms with Gasteiger partial charge in [-0.1, -0.05) is 13.0 Å². The average Bonchev–Trinajstić information content (AvgIpc) is 2.50. The lowest BCUT2D eigenvalue weighted by atomic mass is 10.2. The molecule has 7 nitrogen and oxygen atoms in total. The molecule has 1 heterocycles. The lowest BCUT2D eigenvalue weighted by molar-refractivity contribution is -0.137. The smallest absolute Gasteiger partial charge is 0.407 e. The van der Waals surface area contributed by atoms with Gasteiger partial charge < -0.3 is 19.9 Å². The molecule has 0 bridgehead atoms. The molecular formula is C17H29N3O4. The van der Waals surface area contributed by atoms with Gasteiger partial charge in [0.1, 0.15) is 5.60 Å². The van der Waals surface area contributed by atoms with Crippen LogP contribution in [0, 0.1) is 0 Å². The number of nitrogens with zero attached hydrogens (tertiary/aromatic N) is 2. The zero-order chi connectivity index (χ0) is 18.2. The monoisotopic (exact) mass is 339 g/mol. The Bertz CT molecular complexity index is 475. The molecule has 0 aromatic carbocycles. The molecule has 0 saturated carbocycles. The Labute approximate surface area is 144 Å². The molecule has 1 aliphatic heterocycles. The van der Waals surface area contributed by atoms with E-state index >= 15 is 0 Å². The van der Waals surface area contributed by atoms with E-state index in [-0.39, 0.29) is 24.8 Å². The zero-order valence-electron chi connectivity index (χ0n) is 15.1. The highest BCUT2D eigenvalue weighted by Gasteiger charge is 2.23. The Morgan fingerprint density at radius 3 is 2.21 bits per heavy atom. The third-order valence-electron chi connectivity index (χ3n) is 3.45. The van der Waals surface area contributed by atoms with Crippen LogP contribution in [0.1, 0.15) is 40.5 Å². The van der Waals surface area contributed by atoms with E-state index < -0.39 is 11.7 Å². The fourth-order valence-electron chi connectivity index (χ4n) is 2.24. The summed E-state index contributed by atoms with van der Waals surface area (Å²) >= 11 is 0. The first-order valence-corrected chi connectivity index (χ1v) is 8.43. The van der Waals surface area contributed by atoms with Crippen LogP contribution in [0.4, 0.5) is 4.79 Å². The molecule has 1 saturated heterocycles. The van der Waals surface area contributed by atoms with E-state index in [1.165, 1.54) is 0 Å². The van der Waals surface area contributed by atoms with Gasteiger partial charge in [0.2, 0.25) is 11.8 Å². The summed E-state index contributed by atoms with van der Waals surface area (Å²) in [7, 11) is 0. The zero-order valence-corrected chi connectivity index (χ0v) is 15.1. The maximum Gasteiger partial charge on any atom is 0.407 e. The van der Waals surface area contributed by atoms with E-state index in [0.717, 1.165) is 6.42 Å². The van der Waals surface area contributed by atoms with Gasteiger partial charge in [-0.3, -0.25) is 9.59 Å². The highest BCUT2D eigenvalue weighted by Crippen LogP contribution is 2.07. The molecule has 1 rings (SSSR count). The summed E-state index contributed by atoms with van der Waals surface area (Å²) in [5.74, 6) is -0.0298. The first kappa shape index (κ1) is 20.0. The first-order valence-electron chi connectivity index (χ1n) is 8.43. The van der Waals surface area contributed by atoms with Crippen LogP contribution in [0.5, 0.6) is 0 Å². The molecule has 0 aromatic rings. The Kier molecular flexibility index (Phi) is 7.74. The van der Waals surface area contributed by atoms with Crippen molar-refractivity contribution in [3.63, 3.8) is 0 Å². The molecule has 136 valence electrons. The van der Waals surface area contributed by atoms with Crippen LogP contribution in [-0.2, 0) is 14.3 Å². The summed E-state index contributed by atoms with van der Waals surface area (Å²) < 4.78 is 5.11. The van der Waals surface area contributed by atoms with Gasteiger partial charge in [-0.2, -0.15) is 0 Å². The number of allylic oxidation sites excluding steroid dienone is 1. The fourth-order valence-corrected chi connectivity index (χ4v) is 2.24. The van der Waals surface area contributed by atoms with Crippen LogP contribution in [0.25, 0.3) is 0 Å². The second-order valence-corrected chi connectivity index (χ2v) is 6.70. The minimum atomic E-state index is -0.552. The number of ether oxygens (including phenoxy) is 1. The van der Waals surface area contributed by atoms with Crippen LogP contribution < -0.4 is 5.32 Å². The third-order valence-corrected chi connectivity index (χ3v) is 3.45. The molecule has 0 radical (unpaired) electrons. The van der Waals surface area contributed by atoms with Crippen LogP contribution in [0.15, 0.2) is 12.2 Å². The van der Waals surface area contributed by atoms with E-state index in [2.05, 4.69) is 5.32 Å². The summed E-state index contributed by atoms with van der Waals surface area (Å²) in [6.07, 6.45) is 3.95. The van der Waals surface area contributed by atoms with Gasteiger partial charge in [0.25, 0.3) is 0 Å². The van der Waals surface area contributed by atoms with Crippen molar-refractivity contribution in [3.8, 4) is 0 Å². The minimum Gasteiger partial charge on any atom is -0.444 e. The second kappa shape index (κ2) is 9.30. The van der Waals surface area contributed by atoms with Gasteiger partial charge >= 0.3 is 6.09 Å². The molecule has 1 aliphatic rings. The largest absolute Gasteiger partial charge is 0.444 e.